The average Bonchev–Trinajstić information content (AvgIpc) is 2.17. The number of ether oxygens (including phenoxy) is 2. The van der Waals surface area contributed by atoms with Gasteiger partial charge in [0, 0.05) is 13.2 Å². The third-order valence-corrected chi connectivity index (χ3v) is 1.76. The van der Waals surface area contributed by atoms with Gasteiger partial charge in [-0.25, -0.2) is 4.79 Å². The van der Waals surface area contributed by atoms with E-state index in [0.717, 1.165) is 0 Å². The molecule has 1 rings (SSSR count). The second-order valence-electron chi connectivity index (χ2n) is 2.83. The van der Waals surface area contributed by atoms with Gasteiger partial charge in [0.2, 0.25) is 0 Å². The lowest BCUT2D eigenvalue weighted by molar-refractivity contribution is 0.0693. The fourth-order valence-electron chi connectivity index (χ4n) is 1.02. The van der Waals surface area contributed by atoms with Crippen LogP contribution >= 0.6 is 0 Å². The number of carboxylic acid groups (broad SMARTS) is 1. The first kappa shape index (κ1) is 11.3. The average molecular weight is 212 g/mol. The van der Waals surface area contributed by atoms with Gasteiger partial charge in [0.05, 0.1) is 6.61 Å². The zero-order chi connectivity index (χ0) is 11.3. The summed E-state index contributed by atoms with van der Waals surface area (Å²) in [5.41, 5.74) is -0.144. The van der Waals surface area contributed by atoms with Gasteiger partial charge in [-0.15, -0.1) is 0 Å². The van der Waals surface area contributed by atoms with E-state index in [-0.39, 0.29) is 11.3 Å². The van der Waals surface area contributed by atoms with Gasteiger partial charge in [0.15, 0.2) is 0 Å². The van der Waals surface area contributed by atoms with Crippen molar-refractivity contribution in [2.75, 3.05) is 20.3 Å². The number of methoxy groups -OCH3 is 1. The van der Waals surface area contributed by atoms with Gasteiger partial charge < -0.3 is 19.7 Å². The van der Waals surface area contributed by atoms with E-state index in [9.17, 15) is 9.90 Å². The molecule has 0 atom stereocenters. The van der Waals surface area contributed by atoms with Crippen molar-refractivity contribution in [2.45, 2.75) is 0 Å². The predicted molar refractivity (Wildman–Crippen MR) is 52.4 cm³/mol. The number of benzene rings is 1. The zero-order valence-electron chi connectivity index (χ0n) is 8.27. The fraction of sp³-hybridized carbons (Fsp3) is 0.300. The highest BCUT2D eigenvalue weighted by atomic mass is 16.5. The van der Waals surface area contributed by atoms with Crippen LogP contribution in [0.25, 0.3) is 0 Å². The molecule has 0 saturated carbocycles. The van der Waals surface area contributed by atoms with E-state index < -0.39 is 5.97 Å². The summed E-state index contributed by atoms with van der Waals surface area (Å²) in [5, 5.41) is 18.0. The van der Waals surface area contributed by atoms with Crippen LogP contribution in [0, 0.1) is 0 Å². The zero-order valence-corrected chi connectivity index (χ0v) is 8.27. The second kappa shape index (κ2) is 5.21. The van der Waals surface area contributed by atoms with Crippen molar-refractivity contribution in [3.8, 4) is 11.5 Å². The fourth-order valence-corrected chi connectivity index (χ4v) is 1.02. The van der Waals surface area contributed by atoms with Crippen molar-refractivity contribution >= 4 is 5.97 Å². The van der Waals surface area contributed by atoms with Gasteiger partial charge in [-0.2, -0.15) is 0 Å². The van der Waals surface area contributed by atoms with Crippen molar-refractivity contribution in [1.29, 1.82) is 0 Å². The quantitative estimate of drug-likeness (QED) is 0.715. The second-order valence-corrected chi connectivity index (χ2v) is 2.83. The molecule has 0 fully saturated rings. The molecule has 0 spiro atoms. The molecule has 0 saturated heterocycles. The molecule has 0 bridgehead atoms. The minimum Gasteiger partial charge on any atom is -0.507 e. The van der Waals surface area contributed by atoms with Crippen LogP contribution in [0.5, 0.6) is 11.5 Å². The van der Waals surface area contributed by atoms with E-state index >= 15 is 0 Å². The lowest BCUT2D eigenvalue weighted by Gasteiger charge is -2.06. The van der Waals surface area contributed by atoms with E-state index in [1.807, 2.05) is 0 Å². The topological polar surface area (TPSA) is 76.0 Å². The van der Waals surface area contributed by atoms with E-state index in [0.29, 0.717) is 19.0 Å². The van der Waals surface area contributed by atoms with Crippen LogP contribution < -0.4 is 4.74 Å². The molecule has 0 aliphatic rings. The summed E-state index contributed by atoms with van der Waals surface area (Å²) in [5.74, 6) is -1.07. The van der Waals surface area contributed by atoms with Crippen LogP contribution in [0.2, 0.25) is 0 Å². The predicted octanol–water partition coefficient (Wildman–Crippen LogP) is 1.12. The van der Waals surface area contributed by atoms with Crippen LogP contribution in [0.3, 0.4) is 0 Å². The minimum atomic E-state index is -1.17. The van der Waals surface area contributed by atoms with Gasteiger partial charge >= 0.3 is 5.97 Å². The van der Waals surface area contributed by atoms with Crippen molar-refractivity contribution in [2.24, 2.45) is 0 Å². The van der Waals surface area contributed by atoms with E-state index in [1.165, 1.54) is 18.2 Å². The highest BCUT2D eigenvalue weighted by Gasteiger charge is 2.09. The molecule has 2 N–H and O–H groups in total. The van der Waals surface area contributed by atoms with E-state index in [4.69, 9.17) is 14.6 Å². The van der Waals surface area contributed by atoms with Crippen LogP contribution in [-0.4, -0.2) is 36.5 Å². The summed E-state index contributed by atoms with van der Waals surface area (Å²) in [7, 11) is 1.55. The van der Waals surface area contributed by atoms with Crippen molar-refractivity contribution < 1.29 is 24.5 Å². The van der Waals surface area contributed by atoms with Crippen LogP contribution in [0.15, 0.2) is 18.2 Å². The molecular weight excluding hydrogens is 200 g/mol. The summed E-state index contributed by atoms with van der Waals surface area (Å²) in [6.45, 7) is 0.782. The first-order valence-corrected chi connectivity index (χ1v) is 4.33. The number of carboxylic acids is 1. The lowest BCUT2D eigenvalue weighted by atomic mass is 10.2. The Bertz CT molecular complexity index is 348. The number of carbonyl (C=O) groups is 1. The van der Waals surface area contributed by atoms with Crippen molar-refractivity contribution in [3.63, 3.8) is 0 Å². The van der Waals surface area contributed by atoms with Crippen molar-refractivity contribution in [1.82, 2.24) is 0 Å². The van der Waals surface area contributed by atoms with Gasteiger partial charge in [0.25, 0.3) is 0 Å². The van der Waals surface area contributed by atoms with Crippen LogP contribution in [-0.2, 0) is 4.74 Å². The minimum absolute atomic E-state index is 0.144. The van der Waals surface area contributed by atoms with Crippen LogP contribution in [0.4, 0.5) is 0 Å². The molecule has 0 unspecified atom stereocenters. The van der Waals surface area contributed by atoms with E-state index in [1.54, 1.807) is 7.11 Å². The molecule has 0 aliphatic carbocycles. The maximum absolute atomic E-state index is 10.6. The monoisotopic (exact) mass is 212 g/mol. The Morgan fingerprint density at radius 1 is 1.40 bits per heavy atom. The largest absolute Gasteiger partial charge is 0.507 e. The summed E-state index contributed by atoms with van der Waals surface area (Å²) >= 11 is 0. The van der Waals surface area contributed by atoms with Gasteiger partial charge in [-0.3, -0.25) is 0 Å². The van der Waals surface area contributed by atoms with Gasteiger partial charge in [-0.1, -0.05) is 0 Å². The Morgan fingerprint density at radius 2 is 2.13 bits per heavy atom. The number of hydrogen-bond acceptors (Lipinski definition) is 4. The number of aromatic carboxylic acids is 1. The van der Waals surface area contributed by atoms with Gasteiger partial charge in [-0.05, 0) is 12.1 Å². The Morgan fingerprint density at radius 3 is 2.67 bits per heavy atom. The molecule has 5 heteroatoms. The van der Waals surface area contributed by atoms with Gasteiger partial charge in [0.1, 0.15) is 23.7 Å². The standard InChI is InChI=1S/C10H12O5/c1-14-4-5-15-7-2-3-8(10(12)13)9(11)6-7/h2-3,6,11H,4-5H2,1H3,(H,12,13). The first-order chi connectivity index (χ1) is 7.15. The molecule has 0 radical (unpaired) electrons. The SMILES string of the molecule is COCCOc1ccc(C(=O)O)c(O)c1. The van der Waals surface area contributed by atoms with Crippen LogP contribution in [0.1, 0.15) is 10.4 Å². The molecule has 1 aromatic rings. The molecule has 82 valence electrons. The van der Waals surface area contributed by atoms with E-state index in [2.05, 4.69) is 0 Å². The highest BCUT2D eigenvalue weighted by Crippen LogP contribution is 2.23. The summed E-state index contributed by atoms with van der Waals surface area (Å²) in [4.78, 5) is 10.6. The smallest absolute Gasteiger partial charge is 0.339 e. The normalized spacial score (nSPS) is 9.93. The van der Waals surface area contributed by atoms with Crippen molar-refractivity contribution in [3.05, 3.63) is 23.8 Å². The Balaban J connectivity index is 2.69. The Kier molecular flexibility index (Phi) is 3.93. The summed E-state index contributed by atoms with van der Waals surface area (Å²) in [6.07, 6.45) is 0. The molecule has 0 heterocycles. The lowest BCUT2D eigenvalue weighted by Crippen LogP contribution is -2.04. The molecule has 5 nitrogen and oxygen atoms in total. The Labute approximate surface area is 86.9 Å². The molecule has 1 aromatic carbocycles. The summed E-state index contributed by atoms with van der Waals surface area (Å²) in [6, 6.07) is 4.04. The number of hydrogen-bond donors (Lipinski definition) is 2. The number of phenols is 1. The highest BCUT2D eigenvalue weighted by molar-refractivity contribution is 5.90. The summed E-state index contributed by atoms with van der Waals surface area (Å²) < 4.78 is 9.96. The molecule has 0 amide bonds. The molecule has 15 heavy (non-hydrogen) atoms. The molecular formula is C10H12O5. The molecule has 0 aliphatic heterocycles. The maximum Gasteiger partial charge on any atom is 0.339 e. The third kappa shape index (κ3) is 3.14. The third-order valence-electron chi connectivity index (χ3n) is 1.76. The maximum atomic E-state index is 10.6. The Hall–Kier alpha value is -1.75. The first-order valence-electron chi connectivity index (χ1n) is 4.33. The number of rotatable bonds is 5. The number of aromatic hydroxyl groups is 1. The molecule has 0 aromatic heterocycles.